The van der Waals surface area contributed by atoms with Crippen LogP contribution in [0.25, 0.3) is 22.4 Å². The van der Waals surface area contributed by atoms with Gasteiger partial charge >= 0.3 is 6.18 Å². The minimum Gasteiger partial charge on any atom is -0.445 e. The van der Waals surface area contributed by atoms with Crippen molar-refractivity contribution in [3.63, 3.8) is 0 Å². The van der Waals surface area contributed by atoms with Gasteiger partial charge in [-0.3, -0.25) is 9.78 Å². The van der Waals surface area contributed by atoms with E-state index in [4.69, 9.17) is 16.0 Å². The van der Waals surface area contributed by atoms with E-state index in [2.05, 4.69) is 25.1 Å². The quantitative estimate of drug-likeness (QED) is 0.370. The summed E-state index contributed by atoms with van der Waals surface area (Å²) in [7, 11) is 0. The van der Waals surface area contributed by atoms with Crippen molar-refractivity contribution < 1.29 is 22.4 Å². The van der Waals surface area contributed by atoms with E-state index >= 15 is 0 Å². The molecule has 1 amide bonds. The molecule has 2 atom stereocenters. The van der Waals surface area contributed by atoms with Crippen LogP contribution in [0.15, 0.2) is 41.3 Å². The van der Waals surface area contributed by atoms with Crippen LogP contribution in [0, 0.1) is 11.8 Å². The summed E-state index contributed by atoms with van der Waals surface area (Å²) in [5.74, 6) is -0.694. The number of fused-ring (bicyclic) bond motifs is 2. The average Bonchev–Trinajstić information content (AvgIpc) is 3.58. The number of benzene rings is 1. The molecule has 9 nitrogen and oxygen atoms in total. The highest BCUT2D eigenvalue weighted by Crippen LogP contribution is 2.38. The lowest BCUT2D eigenvalue weighted by Gasteiger charge is -2.40. The van der Waals surface area contributed by atoms with Gasteiger partial charge in [-0.25, -0.2) is 4.98 Å². The van der Waals surface area contributed by atoms with Crippen molar-refractivity contribution in [2.45, 2.75) is 32.6 Å². The predicted octanol–water partition coefficient (Wildman–Crippen LogP) is 4.66. The van der Waals surface area contributed by atoms with Crippen molar-refractivity contribution in [3.8, 4) is 11.5 Å². The lowest BCUT2D eigenvalue weighted by Crippen LogP contribution is -2.49. The van der Waals surface area contributed by atoms with Crippen molar-refractivity contribution in [1.82, 2.24) is 29.6 Å². The van der Waals surface area contributed by atoms with Crippen LogP contribution < -0.4 is 4.90 Å². The number of alkyl halides is 3. The molecule has 13 heteroatoms. The van der Waals surface area contributed by atoms with E-state index in [0.29, 0.717) is 30.4 Å². The summed E-state index contributed by atoms with van der Waals surface area (Å²) in [6, 6.07) is 5.76. The third-order valence-corrected chi connectivity index (χ3v) is 7.61. The van der Waals surface area contributed by atoms with Gasteiger partial charge in [-0.05, 0) is 30.5 Å². The number of carbonyl (C=O) groups is 1. The van der Waals surface area contributed by atoms with Crippen molar-refractivity contribution in [2.24, 2.45) is 11.8 Å². The molecule has 1 fully saturated rings. The molecule has 1 saturated heterocycles. The smallest absolute Gasteiger partial charge is 0.445 e. The van der Waals surface area contributed by atoms with E-state index < -0.39 is 12.0 Å². The molecule has 5 heterocycles. The second-order valence-electron chi connectivity index (χ2n) is 9.69. The van der Waals surface area contributed by atoms with Gasteiger partial charge in [0.2, 0.25) is 17.6 Å². The number of piperidine rings is 1. The predicted molar refractivity (Wildman–Crippen MR) is 132 cm³/mol. The Bertz CT molecular complexity index is 1500. The summed E-state index contributed by atoms with van der Waals surface area (Å²) in [4.78, 5) is 25.9. The Kier molecular flexibility index (Phi) is 6.01. The first kappa shape index (κ1) is 24.7. The third kappa shape index (κ3) is 4.26. The minimum absolute atomic E-state index is 0.00680. The number of carbonyl (C=O) groups excluding carboxylic acids is 1. The molecule has 4 aromatic rings. The Labute approximate surface area is 220 Å². The summed E-state index contributed by atoms with van der Waals surface area (Å²) in [5, 5.41) is 8.41. The molecule has 6 rings (SSSR count). The molecule has 0 saturated carbocycles. The summed E-state index contributed by atoms with van der Waals surface area (Å²) in [6.07, 6.45) is 0.739. The van der Waals surface area contributed by atoms with Crippen LogP contribution in [0.4, 0.5) is 18.9 Å². The number of rotatable bonds is 3. The van der Waals surface area contributed by atoms with Gasteiger partial charge < -0.3 is 18.8 Å². The zero-order valence-corrected chi connectivity index (χ0v) is 21.1. The number of hydrogen-bond donors (Lipinski definition) is 0. The second-order valence-corrected chi connectivity index (χ2v) is 10.1. The number of aromatic nitrogens is 5. The molecule has 3 aromatic heterocycles. The monoisotopic (exact) mass is 545 g/mol. The van der Waals surface area contributed by atoms with Crippen LogP contribution in [0.2, 0.25) is 5.02 Å². The number of pyridine rings is 1. The van der Waals surface area contributed by atoms with Crippen LogP contribution in [-0.4, -0.2) is 55.2 Å². The molecule has 0 spiro atoms. The molecule has 0 unspecified atom stereocenters. The summed E-state index contributed by atoms with van der Waals surface area (Å²) in [6.45, 7) is 3.43. The first-order chi connectivity index (χ1) is 18.2. The highest BCUT2D eigenvalue weighted by Gasteiger charge is 2.41. The Morgan fingerprint density at radius 1 is 1.16 bits per heavy atom. The molecule has 0 N–H and O–H groups in total. The fraction of sp³-hybridized carbons (Fsp3) is 0.400. The summed E-state index contributed by atoms with van der Waals surface area (Å²) < 4.78 is 46.0. The van der Waals surface area contributed by atoms with E-state index in [-0.39, 0.29) is 43.2 Å². The Balaban J connectivity index is 1.19. The van der Waals surface area contributed by atoms with Crippen molar-refractivity contribution >= 4 is 34.1 Å². The van der Waals surface area contributed by atoms with Gasteiger partial charge in [0.15, 0.2) is 5.82 Å². The van der Waals surface area contributed by atoms with E-state index in [1.807, 2.05) is 25.1 Å². The van der Waals surface area contributed by atoms with Gasteiger partial charge in [0.1, 0.15) is 6.26 Å². The van der Waals surface area contributed by atoms with Crippen LogP contribution in [-0.2, 0) is 24.1 Å². The van der Waals surface area contributed by atoms with Gasteiger partial charge in [-0.15, -0.1) is 10.2 Å². The normalized spacial score (nSPS) is 20.1. The highest BCUT2D eigenvalue weighted by atomic mass is 35.5. The maximum atomic E-state index is 13.4. The fourth-order valence-electron chi connectivity index (χ4n) is 5.48. The first-order valence-corrected chi connectivity index (χ1v) is 12.6. The highest BCUT2D eigenvalue weighted by molar-refractivity contribution is 6.34. The SMILES string of the molecule is C[C@@H]1CN(c2c(Cl)cnc3cc(-c4ncco4)ccc23)CC[C@@H]1C(=O)N1CCn2c(nnc2C(F)(F)F)C1. The fourth-order valence-corrected chi connectivity index (χ4v) is 5.75. The number of oxazole rings is 1. The number of nitrogens with zero attached hydrogens (tertiary/aromatic N) is 7. The molecular weight excluding hydrogens is 523 g/mol. The van der Waals surface area contributed by atoms with Gasteiger partial charge in [0.25, 0.3) is 0 Å². The molecule has 198 valence electrons. The molecule has 38 heavy (non-hydrogen) atoms. The van der Waals surface area contributed by atoms with Crippen LogP contribution >= 0.6 is 11.6 Å². The maximum absolute atomic E-state index is 13.4. The Hall–Kier alpha value is -3.67. The van der Waals surface area contributed by atoms with E-state index in [1.165, 1.54) is 6.26 Å². The third-order valence-electron chi connectivity index (χ3n) is 7.33. The largest absolute Gasteiger partial charge is 0.451 e. The second kappa shape index (κ2) is 9.26. The lowest BCUT2D eigenvalue weighted by atomic mass is 9.85. The zero-order chi connectivity index (χ0) is 26.6. The zero-order valence-electron chi connectivity index (χ0n) is 20.3. The van der Waals surface area contributed by atoms with E-state index in [1.54, 1.807) is 17.3 Å². The topological polar surface area (TPSA) is 93.2 Å². The van der Waals surface area contributed by atoms with E-state index in [0.717, 1.165) is 26.7 Å². The van der Waals surface area contributed by atoms with Gasteiger partial charge in [-0.2, -0.15) is 13.2 Å². The summed E-state index contributed by atoms with van der Waals surface area (Å²) in [5.41, 5.74) is 2.42. The summed E-state index contributed by atoms with van der Waals surface area (Å²) >= 11 is 6.62. The van der Waals surface area contributed by atoms with Crippen molar-refractivity contribution in [1.29, 1.82) is 0 Å². The Morgan fingerprint density at radius 2 is 2.00 bits per heavy atom. The number of anilines is 1. The molecule has 1 aromatic carbocycles. The molecule has 0 radical (unpaired) electrons. The number of amides is 1. The lowest BCUT2D eigenvalue weighted by molar-refractivity contribution is -0.148. The number of hydrogen-bond acceptors (Lipinski definition) is 7. The molecule has 0 bridgehead atoms. The molecule has 0 aliphatic carbocycles. The van der Waals surface area contributed by atoms with Gasteiger partial charge in [0, 0.05) is 49.2 Å². The van der Waals surface area contributed by atoms with Crippen LogP contribution in [0.3, 0.4) is 0 Å². The first-order valence-electron chi connectivity index (χ1n) is 12.2. The van der Waals surface area contributed by atoms with E-state index in [9.17, 15) is 18.0 Å². The minimum atomic E-state index is -4.57. The van der Waals surface area contributed by atoms with Gasteiger partial charge in [-0.1, -0.05) is 18.5 Å². The van der Waals surface area contributed by atoms with Crippen molar-refractivity contribution in [3.05, 3.63) is 53.5 Å². The van der Waals surface area contributed by atoms with Crippen molar-refractivity contribution in [2.75, 3.05) is 24.5 Å². The van der Waals surface area contributed by atoms with Gasteiger partial charge in [0.05, 0.1) is 29.0 Å². The average molecular weight is 546 g/mol. The molecule has 2 aliphatic heterocycles. The molecule has 2 aliphatic rings. The standard InChI is InChI=1S/C25H23ClF3N7O2/c1-14-12-34(21-17-3-2-15(22-30-5-9-38-22)10-19(17)31-11-18(21)26)6-4-16(14)23(37)35-7-8-36-20(13-35)32-33-24(36)25(27,28)29/h2-3,5,9-11,14,16H,4,6-8,12-13H2,1H3/t14-,16+/m1/s1. The van der Waals surface area contributed by atoms with Crippen LogP contribution in [0.1, 0.15) is 25.0 Å². The van der Waals surface area contributed by atoms with Crippen LogP contribution in [0.5, 0.6) is 0 Å². The molecular formula is C25H23ClF3N7O2. The Morgan fingerprint density at radius 3 is 2.74 bits per heavy atom. The number of halogens is 4. The maximum Gasteiger partial charge on any atom is 0.451 e.